The highest BCUT2D eigenvalue weighted by atomic mass is 35.5. The van der Waals surface area contributed by atoms with Crippen molar-refractivity contribution in [2.45, 2.75) is 6.92 Å². The second-order valence-corrected chi connectivity index (χ2v) is 5.41. The third-order valence-electron chi connectivity index (χ3n) is 2.31. The zero-order valence-corrected chi connectivity index (χ0v) is 11.9. The van der Waals surface area contributed by atoms with Crippen LogP contribution in [0.1, 0.15) is 22.2 Å². The fourth-order valence-electron chi connectivity index (χ4n) is 1.43. The van der Waals surface area contributed by atoms with Crippen molar-refractivity contribution < 1.29 is 9.53 Å². The molecule has 1 aromatic carbocycles. The van der Waals surface area contributed by atoms with E-state index in [-0.39, 0.29) is 5.97 Å². The molecule has 0 saturated carbocycles. The number of hydrogen-bond acceptors (Lipinski definition) is 4. The molecule has 2 aromatic rings. The lowest BCUT2D eigenvalue weighted by Crippen LogP contribution is -2.03. The van der Waals surface area contributed by atoms with Gasteiger partial charge in [0.1, 0.15) is 0 Å². The van der Waals surface area contributed by atoms with E-state index in [1.807, 2.05) is 12.1 Å². The summed E-state index contributed by atoms with van der Waals surface area (Å²) in [5.41, 5.74) is 1.30. The van der Waals surface area contributed by atoms with Gasteiger partial charge >= 0.3 is 5.97 Å². The molecule has 1 aromatic heterocycles. The molecule has 0 spiro atoms. The Morgan fingerprint density at radius 2 is 2.05 bits per heavy atom. The van der Waals surface area contributed by atoms with E-state index in [1.165, 1.54) is 11.3 Å². The quantitative estimate of drug-likeness (QED) is 0.622. The minimum atomic E-state index is -0.317. The van der Waals surface area contributed by atoms with Crippen LogP contribution in [0.3, 0.4) is 0 Å². The lowest BCUT2D eigenvalue weighted by Gasteiger charge is -2.01. The van der Waals surface area contributed by atoms with Gasteiger partial charge in [-0.05, 0) is 43.3 Å². The Morgan fingerprint density at radius 1 is 1.32 bits per heavy atom. The lowest BCUT2D eigenvalue weighted by molar-refractivity contribution is 0.0526. The number of carbonyl (C=O) groups is 1. The van der Waals surface area contributed by atoms with Gasteiger partial charge in [-0.25, -0.2) is 4.79 Å². The SMILES string of the molecule is CCOC(=O)c1ccc(N=Cc2ccc(Cl)s2)cc1. The van der Waals surface area contributed by atoms with Gasteiger partial charge in [0.15, 0.2) is 0 Å². The first-order valence-corrected chi connectivity index (χ1v) is 6.95. The first-order chi connectivity index (χ1) is 9.19. The van der Waals surface area contributed by atoms with E-state index in [1.54, 1.807) is 37.4 Å². The van der Waals surface area contributed by atoms with Crippen LogP contribution in [0.4, 0.5) is 5.69 Å². The minimum absolute atomic E-state index is 0.317. The number of nitrogens with zero attached hydrogens (tertiary/aromatic N) is 1. The van der Waals surface area contributed by atoms with Crippen LogP contribution in [0.5, 0.6) is 0 Å². The smallest absolute Gasteiger partial charge is 0.338 e. The molecule has 0 unspecified atom stereocenters. The highest BCUT2D eigenvalue weighted by molar-refractivity contribution is 7.17. The predicted octanol–water partition coefficient (Wildman–Crippen LogP) is 4.33. The number of rotatable bonds is 4. The molecule has 2 rings (SSSR count). The third kappa shape index (κ3) is 3.91. The van der Waals surface area contributed by atoms with Gasteiger partial charge in [0.05, 0.1) is 22.2 Å². The first kappa shape index (κ1) is 13.8. The van der Waals surface area contributed by atoms with E-state index in [9.17, 15) is 4.79 Å². The Balaban J connectivity index is 2.06. The molecule has 0 N–H and O–H groups in total. The molecule has 98 valence electrons. The van der Waals surface area contributed by atoms with E-state index in [0.717, 1.165) is 14.9 Å². The first-order valence-electron chi connectivity index (χ1n) is 5.75. The van der Waals surface area contributed by atoms with Crippen molar-refractivity contribution in [2.24, 2.45) is 4.99 Å². The summed E-state index contributed by atoms with van der Waals surface area (Å²) in [7, 11) is 0. The number of halogens is 1. The largest absolute Gasteiger partial charge is 0.462 e. The molecule has 0 fully saturated rings. The van der Waals surface area contributed by atoms with Crippen molar-refractivity contribution in [2.75, 3.05) is 6.61 Å². The van der Waals surface area contributed by atoms with Crippen LogP contribution in [0.2, 0.25) is 4.34 Å². The van der Waals surface area contributed by atoms with Crippen LogP contribution >= 0.6 is 22.9 Å². The molecule has 0 bridgehead atoms. The number of esters is 1. The molecular formula is C14H12ClNO2S. The molecule has 0 aliphatic carbocycles. The van der Waals surface area contributed by atoms with Gasteiger partial charge in [0.25, 0.3) is 0 Å². The number of benzene rings is 1. The monoisotopic (exact) mass is 293 g/mol. The van der Waals surface area contributed by atoms with Gasteiger partial charge < -0.3 is 4.74 Å². The maximum atomic E-state index is 11.5. The zero-order valence-electron chi connectivity index (χ0n) is 10.3. The van der Waals surface area contributed by atoms with Crippen molar-refractivity contribution in [3.05, 3.63) is 51.2 Å². The summed E-state index contributed by atoms with van der Waals surface area (Å²) >= 11 is 7.30. The van der Waals surface area contributed by atoms with E-state index in [4.69, 9.17) is 16.3 Å². The summed E-state index contributed by atoms with van der Waals surface area (Å²) in [6.07, 6.45) is 1.75. The van der Waals surface area contributed by atoms with Crippen LogP contribution < -0.4 is 0 Å². The van der Waals surface area contributed by atoms with Gasteiger partial charge in [0.2, 0.25) is 0 Å². The van der Waals surface area contributed by atoms with E-state index >= 15 is 0 Å². The Labute approximate surface area is 120 Å². The predicted molar refractivity (Wildman–Crippen MR) is 79.0 cm³/mol. The maximum Gasteiger partial charge on any atom is 0.338 e. The van der Waals surface area contributed by atoms with Crippen molar-refractivity contribution in [1.29, 1.82) is 0 Å². The van der Waals surface area contributed by atoms with E-state index in [0.29, 0.717) is 12.2 Å². The van der Waals surface area contributed by atoms with Crippen LogP contribution in [0.15, 0.2) is 41.4 Å². The number of ether oxygens (including phenoxy) is 1. The van der Waals surface area contributed by atoms with Gasteiger partial charge in [-0.15, -0.1) is 11.3 Å². The molecule has 3 nitrogen and oxygen atoms in total. The van der Waals surface area contributed by atoms with Crippen molar-refractivity contribution >= 4 is 40.8 Å². The Hall–Kier alpha value is -1.65. The minimum Gasteiger partial charge on any atom is -0.462 e. The molecule has 0 aliphatic heterocycles. The summed E-state index contributed by atoms with van der Waals surface area (Å²) in [5, 5.41) is 0. The van der Waals surface area contributed by atoms with Crippen LogP contribution in [-0.2, 0) is 4.74 Å². The number of thiophene rings is 1. The lowest BCUT2D eigenvalue weighted by atomic mass is 10.2. The van der Waals surface area contributed by atoms with Crippen LogP contribution in [0, 0.1) is 0 Å². The summed E-state index contributed by atoms with van der Waals surface area (Å²) in [4.78, 5) is 16.8. The summed E-state index contributed by atoms with van der Waals surface area (Å²) in [6.45, 7) is 2.15. The molecule has 19 heavy (non-hydrogen) atoms. The molecule has 0 radical (unpaired) electrons. The second kappa shape index (κ2) is 6.50. The molecule has 1 heterocycles. The van der Waals surface area contributed by atoms with Crippen molar-refractivity contribution in [1.82, 2.24) is 0 Å². The number of hydrogen-bond donors (Lipinski definition) is 0. The molecule has 0 saturated heterocycles. The Bertz CT molecular complexity index is 590. The zero-order chi connectivity index (χ0) is 13.7. The summed E-state index contributed by atoms with van der Waals surface area (Å²) in [6, 6.07) is 10.7. The van der Waals surface area contributed by atoms with Crippen molar-refractivity contribution in [3.8, 4) is 0 Å². The summed E-state index contributed by atoms with van der Waals surface area (Å²) < 4.78 is 5.64. The fourth-order valence-corrected chi connectivity index (χ4v) is 2.37. The van der Waals surface area contributed by atoms with Crippen molar-refractivity contribution in [3.63, 3.8) is 0 Å². The number of aliphatic imine (C=N–C) groups is 1. The summed E-state index contributed by atoms with van der Waals surface area (Å²) in [5.74, 6) is -0.317. The number of carbonyl (C=O) groups excluding carboxylic acids is 1. The molecule has 0 amide bonds. The Morgan fingerprint density at radius 3 is 2.63 bits per heavy atom. The van der Waals surface area contributed by atoms with E-state index in [2.05, 4.69) is 4.99 Å². The van der Waals surface area contributed by atoms with Gasteiger partial charge in [-0.3, -0.25) is 4.99 Å². The molecular weight excluding hydrogens is 282 g/mol. The second-order valence-electron chi connectivity index (χ2n) is 3.67. The highest BCUT2D eigenvalue weighted by Crippen LogP contribution is 2.21. The van der Waals surface area contributed by atoms with Gasteiger partial charge in [-0.1, -0.05) is 11.6 Å². The average molecular weight is 294 g/mol. The molecule has 5 heteroatoms. The fraction of sp³-hybridized carbons (Fsp3) is 0.143. The van der Waals surface area contributed by atoms with Crippen LogP contribution in [0.25, 0.3) is 0 Å². The Kier molecular flexibility index (Phi) is 4.71. The topological polar surface area (TPSA) is 38.7 Å². The maximum absolute atomic E-state index is 11.5. The van der Waals surface area contributed by atoms with E-state index < -0.39 is 0 Å². The average Bonchev–Trinajstić information content (AvgIpc) is 2.83. The molecule has 0 aliphatic rings. The van der Waals surface area contributed by atoms with Crippen LogP contribution in [-0.4, -0.2) is 18.8 Å². The highest BCUT2D eigenvalue weighted by Gasteiger charge is 2.04. The normalized spacial score (nSPS) is 10.8. The van der Waals surface area contributed by atoms with Gasteiger partial charge in [-0.2, -0.15) is 0 Å². The third-order valence-corrected chi connectivity index (χ3v) is 3.48. The standard InChI is InChI=1S/C14H12ClNO2S/c1-2-18-14(17)10-3-5-11(6-4-10)16-9-12-7-8-13(15)19-12/h3-9H,2H2,1H3. The molecule has 0 atom stereocenters. The van der Waals surface area contributed by atoms with Gasteiger partial charge in [0, 0.05) is 11.1 Å².